The van der Waals surface area contributed by atoms with Crippen LogP contribution in [-0.2, 0) is 20.4 Å². The first-order valence-corrected chi connectivity index (χ1v) is 14.0. The summed E-state index contributed by atoms with van der Waals surface area (Å²) >= 11 is 5.66. The maximum absolute atomic E-state index is 13.7. The van der Waals surface area contributed by atoms with Crippen LogP contribution in [0.1, 0.15) is 51.3 Å². The second kappa shape index (κ2) is 10.6. The number of rotatable bonds is 6. The molecule has 5 rings (SSSR count). The van der Waals surface area contributed by atoms with Gasteiger partial charge in [0.15, 0.2) is 10.8 Å². The predicted molar refractivity (Wildman–Crippen MR) is 153 cm³/mol. The number of carbonyl (C=O) groups is 2. The van der Waals surface area contributed by atoms with Crippen LogP contribution in [0.25, 0.3) is 0 Å². The summed E-state index contributed by atoms with van der Waals surface area (Å²) in [5, 5.41) is 9.13. The molecule has 2 aromatic rings. The van der Waals surface area contributed by atoms with E-state index in [0.29, 0.717) is 24.3 Å². The normalized spacial score (nSPS) is 19.0. The Bertz CT molecular complexity index is 1490. The van der Waals surface area contributed by atoms with Crippen LogP contribution >= 0.6 is 12.2 Å². The van der Waals surface area contributed by atoms with E-state index in [1.807, 2.05) is 0 Å². The van der Waals surface area contributed by atoms with E-state index in [4.69, 9.17) is 31.7 Å². The molecule has 0 unspecified atom stereocenters. The number of hydrogen-bond donors (Lipinski definition) is 0. The highest BCUT2D eigenvalue weighted by molar-refractivity contribution is 7.81. The van der Waals surface area contributed by atoms with Crippen molar-refractivity contribution in [3.8, 4) is 11.8 Å². The maximum Gasteiger partial charge on any atom is 0.419 e. The number of nitriles is 1. The third-order valence-electron chi connectivity index (χ3n) is 7.86. The van der Waals surface area contributed by atoms with Gasteiger partial charge in [0, 0.05) is 12.7 Å². The van der Waals surface area contributed by atoms with Gasteiger partial charge in [0.2, 0.25) is 0 Å². The summed E-state index contributed by atoms with van der Waals surface area (Å²) in [5.41, 5.74) is -4.00. The van der Waals surface area contributed by atoms with Gasteiger partial charge >= 0.3 is 12.3 Å². The number of likely N-dealkylation sites (N-methyl/N-ethyl adjacent to an activating group) is 1. The summed E-state index contributed by atoms with van der Waals surface area (Å²) in [4.78, 5) is 34.2. The quantitative estimate of drug-likeness (QED) is 0.412. The molecule has 2 amide bonds. The van der Waals surface area contributed by atoms with Gasteiger partial charge in [-0.2, -0.15) is 18.4 Å². The Morgan fingerprint density at radius 1 is 1.19 bits per heavy atom. The first kappa shape index (κ1) is 30.5. The number of carbonyl (C=O) groups excluding carboxylic acids is 2. The highest BCUT2D eigenvalue weighted by atomic mass is 32.1. The molecule has 10 nitrogen and oxygen atoms in total. The van der Waals surface area contributed by atoms with Crippen LogP contribution in [0, 0.1) is 11.3 Å². The van der Waals surface area contributed by atoms with Crippen LogP contribution in [0.4, 0.5) is 29.3 Å². The first-order chi connectivity index (χ1) is 20.1. The van der Waals surface area contributed by atoms with Crippen molar-refractivity contribution in [2.24, 2.45) is 0 Å². The van der Waals surface area contributed by atoms with Crippen LogP contribution in [-0.4, -0.2) is 70.5 Å². The minimum Gasteiger partial charge on any atom is -0.491 e. The fraction of sp³-hybridized carbons (Fsp3) is 0.483. The summed E-state index contributed by atoms with van der Waals surface area (Å²) in [7, 11) is 1.64. The van der Waals surface area contributed by atoms with Crippen LogP contribution in [0.2, 0.25) is 0 Å². The number of thiocarbonyl (C=S) groups is 1. The average Bonchev–Trinajstić information content (AvgIpc) is 3.13. The van der Waals surface area contributed by atoms with E-state index in [1.54, 1.807) is 57.0 Å². The Balaban J connectivity index is 1.36. The number of pyridine rings is 1. The lowest BCUT2D eigenvalue weighted by Crippen LogP contribution is -2.66. The van der Waals surface area contributed by atoms with E-state index in [9.17, 15) is 22.8 Å². The third-order valence-corrected chi connectivity index (χ3v) is 8.22. The smallest absolute Gasteiger partial charge is 0.419 e. The Kier molecular flexibility index (Phi) is 7.55. The molecule has 43 heavy (non-hydrogen) atoms. The van der Waals surface area contributed by atoms with Crippen molar-refractivity contribution in [2.45, 2.75) is 62.9 Å². The van der Waals surface area contributed by atoms with Crippen molar-refractivity contribution in [1.29, 1.82) is 5.26 Å². The van der Waals surface area contributed by atoms with Gasteiger partial charge in [0.1, 0.15) is 35.1 Å². The van der Waals surface area contributed by atoms with Crippen molar-refractivity contribution in [2.75, 3.05) is 36.7 Å². The lowest BCUT2D eigenvalue weighted by Gasteiger charge is -2.47. The second-order valence-electron chi connectivity index (χ2n) is 11.9. The summed E-state index contributed by atoms with van der Waals surface area (Å²) in [6.07, 6.45) is -2.59. The lowest BCUT2D eigenvalue weighted by molar-refractivity contribution is -0.144. The summed E-state index contributed by atoms with van der Waals surface area (Å²) in [5.74, 6) is 0.0514. The molecule has 0 atom stereocenters. The molecule has 3 heterocycles. The highest BCUT2D eigenvalue weighted by Gasteiger charge is 2.60. The van der Waals surface area contributed by atoms with Crippen LogP contribution in [0.3, 0.4) is 0 Å². The zero-order valence-electron chi connectivity index (χ0n) is 24.0. The van der Waals surface area contributed by atoms with E-state index in [0.717, 1.165) is 23.6 Å². The molecule has 0 radical (unpaired) electrons. The Labute approximate surface area is 251 Å². The molecule has 1 aliphatic carbocycles. The number of anilines is 2. The van der Waals surface area contributed by atoms with Gasteiger partial charge in [0.05, 0.1) is 30.7 Å². The van der Waals surface area contributed by atoms with Crippen molar-refractivity contribution in [1.82, 2.24) is 9.88 Å². The van der Waals surface area contributed by atoms with Gasteiger partial charge in [-0.25, -0.2) is 9.78 Å². The van der Waals surface area contributed by atoms with Gasteiger partial charge in [0.25, 0.3) is 5.91 Å². The third kappa shape index (κ3) is 5.36. The van der Waals surface area contributed by atoms with E-state index in [2.05, 4.69) is 4.98 Å². The lowest BCUT2D eigenvalue weighted by atomic mass is 9.75. The zero-order chi connectivity index (χ0) is 31.4. The van der Waals surface area contributed by atoms with E-state index in [1.165, 1.54) is 11.0 Å². The van der Waals surface area contributed by atoms with Gasteiger partial charge in [-0.15, -0.1) is 0 Å². The Morgan fingerprint density at radius 3 is 2.33 bits per heavy atom. The average molecular weight is 618 g/mol. The molecule has 228 valence electrons. The van der Waals surface area contributed by atoms with Crippen LogP contribution in [0.15, 0.2) is 36.5 Å². The minimum absolute atomic E-state index is 0.0163. The zero-order valence-corrected chi connectivity index (χ0v) is 24.8. The number of amides is 2. The fourth-order valence-corrected chi connectivity index (χ4v) is 5.70. The highest BCUT2D eigenvalue weighted by Crippen LogP contribution is 2.48. The Hall–Kier alpha value is -3.96. The largest absolute Gasteiger partial charge is 0.491 e. The van der Waals surface area contributed by atoms with Gasteiger partial charge in [-0.3, -0.25) is 14.6 Å². The molecule has 14 heteroatoms. The van der Waals surface area contributed by atoms with Gasteiger partial charge in [-0.1, -0.05) is 0 Å². The van der Waals surface area contributed by atoms with Crippen LogP contribution in [0.5, 0.6) is 5.75 Å². The molecule has 0 bridgehead atoms. The molecular formula is C29H30F3N5O5S. The molecule has 2 saturated heterocycles. The SMILES string of the molecule is CN(C(=O)OC(C)(C)C)C1(COc2ccc(N3C(=S)N(c4cnc(C#N)c(C(F)(F)F)c4)C(=O)C34CCC4)cc2)COC1. The van der Waals surface area contributed by atoms with Gasteiger partial charge in [-0.05, 0) is 82.6 Å². The van der Waals surface area contributed by atoms with Crippen molar-refractivity contribution in [3.05, 3.63) is 47.8 Å². The van der Waals surface area contributed by atoms with E-state index >= 15 is 0 Å². The fourth-order valence-electron chi connectivity index (χ4n) is 5.23. The molecule has 3 fully saturated rings. The number of nitrogens with zero attached hydrogens (tertiary/aromatic N) is 5. The molecule has 1 aromatic heterocycles. The molecule has 3 aliphatic rings. The molecule has 0 N–H and O–H groups in total. The molecule has 2 aliphatic heterocycles. The van der Waals surface area contributed by atoms with E-state index < -0.39 is 46.1 Å². The maximum atomic E-state index is 13.7. The first-order valence-electron chi connectivity index (χ1n) is 13.6. The molecular weight excluding hydrogens is 587 g/mol. The Morgan fingerprint density at radius 2 is 1.84 bits per heavy atom. The monoisotopic (exact) mass is 617 g/mol. The summed E-state index contributed by atoms with van der Waals surface area (Å²) < 4.78 is 57.8. The number of alkyl halides is 3. The number of hydrogen-bond acceptors (Lipinski definition) is 8. The van der Waals surface area contributed by atoms with Gasteiger partial charge < -0.3 is 19.1 Å². The predicted octanol–water partition coefficient (Wildman–Crippen LogP) is 5.05. The number of halogens is 3. The standard InChI is InChI=1S/C29H30F3N5O5S/c1-26(2,3)42-25(39)35(4)27(15-40-16-27)17-41-20-8-6-18(7-9-20)37-24(43)36(23(38)28(37)10-5-11-28)19-12-21(29(30,31)32)22(13-33)34-14-19/h6-9,12,14H,5,10-11,15-17H2,1-4H3. The van der Waals surface area contributed by atoms with Crippen molar-refractivity contribution >= 4 is 40.7 Å². The van der Waals surface area contributed by atoms with Crippen molar-refractivity contribution < 1.29 is 37.0 Å². The molecule has 1 spiro atoms. The van der Waals surface area contributed by atoms with E-state index in [-0.39, 0.29) is 30.6 Å². The number of ether oxygens (including phenoxy) is 3. The topological polar surface area (TPSA) is 108 Å². The summed E-state index contributed by atoms with van der Waals surface area (Å²) in [6.45, 7) is 6.07. The molecule has 1 aromatic carbocycles. The summed E-state index contributed by atoms with van der Waals surface area (Å²) in [6, 6.07) is 9.01. The minimum atomic E-state index is -4.84. The number of aromatic nitrogens is 1. The number of benzene rings is 1. The molecule has 1 saturated carbocycles. The second-order valence-corrected chi connectivity index (χ2v) is 12.2. The van der Waals surface area contributed by atoms with Crippen LogP contribution < -0.4 is 14.5 Å². The van der Waals surface area contributed by atoms with Crippen molar-refractivity contribution in [3.63, 3.8) is 0 Å².